The van der Waals surface area contributed by atoms with Gasteiger partial charge in [-0.2, -0.15) is 0 Å². The Morgan fingerprint density at radius 3 is 2.50 bits per heavy atom. The van der Waals surface area contributed by atoms with Crippen molar-refractivity contribution < 1.29 is 22.0 Å². The molecular formula is C16H19FN2O4S. The molecule has 1 N–H and O–H groups in total. The van der Waals surface area contributed by atoms with Gasteiger partial charge in [-0.25, -0.2) is 17.5 Å². The smallest absolute Gasteiger partial charge is 0.240 e. The standard InChI is InChI=1S/C16H19FN2O4S/c17-13-3-5-14(6-4-13)24(20,21)18-12-15(16-2-1-9-23-16)19-7-10-22-11-8-19/h1-6,9,15,18H,7-8,10-12H2. The predicted octanol–water partition coefficient (Wildman–Crippen LogP) is 1.77. The minimum absolute atomic E-state index is 0.0315. The first kappa shape index (κ1) is 17.1. The molecule has 2 heterocycles. The lowest BCUT2D eigenvalue weighted by Gasteiger charge is -2.33. The summed E-state index contributed by atoms with van der Waals surface area (Å²) in [7, 11) is -3.72. The molecule has 130 valence electrons. The van der Waals surface area contributed by atoms with Crippen LogP contribution in [0.15, 0.2) is 52.0 Å². The highest BCUT2D eigenvalue weighted by molar-refractivity contribution is 7.89. The maximum Gasteiger partial charge on any atom is 0.240 e. The molecule has 1 fully saturated rings. The summed E-state index contributed by atoms with van der Waals surface area (Å²) in [5, 5.41) is 0. The van der Waals surface area contributed by atoms with E-state index in [0.29, 0.717) is 32.1 Å². The minimum Gasteiger partial charge on any atom is -0.468 e. The van der Waals surface area contributed by atoms with E-state index in [1.54, 1.807) is 12.3 Å². The number of furan rings is 1. The number of nitrogens with one attached hydrogen (secondary N) is 1. The molecule has 24 heavy (non-hydrogen) atoms. The van der Waals surface area contributed by atoms with E-state index >= 15 is 0 Å². The molecule has 2 aromatic rings. The highest BCUT2D eigenvalue weighted by atomic mass is 32.2. The monoisotopic (exact) mass is 354 g/mol. The van der Waals surface area contributed by atoms with Gasteiger partial charge in [0.2, 0.25) is 10.0 Å². The second-order valence-corrected chi connectivity index (χ2v) is 7.25. The van der Waals surface area contributed by atoms with Crippen molar-refractivity contribution in [2.75, 3.05) is 32.8 Å². The van der Waals surface area contributed by atoms with E-state index in [0.717, 1.165) is 12.1 Å². The number of benzene rings is 1. The van der Waals surface area contributed by atoms with Gasteiger partial charge in [0.1, 0.15) is 11.6 Å². The van der Waals surface area contributed by atoms with Crippen LogP contribution in [0.25, 0.3) is 0 Å². The van der Waals surface area contributed by atoms with Crippen molar-refractivity contribution >= 4 is 10.0 Å². The van der Waals surface area contributed by atoms with Crippen molar-refractivity contribution in [2.24, 2.45) is 0 Å². The van der Waals surface area contributed by atoms with Gasteiger partial charge in [-0.1, -0.05) is 0 Å². The second kappa shape index (κ2) is 7.43. The third kappa shape index (κ3) is 4.02. The molecule has 1 aliphatic rings. The van der Waals surface area contributed by atoms with Crippen LogP contribution in [0.4, 0.5) is 4.39 Å². The number of sulfonamides is 1. The maximum atomic E-state index is 13.0. The van der Waals surface area contributed by atoms with Gasteiger partial charge in [0, 0.05) is 19.6 Å². The Morgan fingerprint density at radius 2 is 1.88 bits per heavy atom. The van der Waals surface area contributed by atoms with Crippen LogP contribution < -0.4 is 4.72 Å². The zero-order chi connectivity index (χ0) is 17.0. The quantitative estimate of drug-likeness (QED) is 0.856. The Kier molecular flexibility index (Phi) is 5.30. The van der Waals surface area contributed by atoms with E-state index in [1.807, 2.05) is 6.07 Å². The lowest BCUT2D eigenvalue weighted by molar-refractivity contribution is 0.0128. The van der Waals surface area contributed by atoms with E-state index < -0.39 is 15.8 Å². The summed E-state index contributed by atoms with van der Waals surface area (Å²) in [6, 6.07) is 8.12. The van der Waals surface area contributed by atoms with Crippen LogP contribution in [0.1, 0.15) is 11.8 Å². The molecular weight excluding hydrogens is 335 g/mol. The summed E-state index contributed by atoms with van der Waals surface area (Å²) in [5.74, 6) is 0.217. The van der Waals surface area contributed by atoms with E-state index in [2.05, 4.69) is 9.62 Å². The molecule has 0 radical (unpaired) electrons. The van der Waals surface area contributed by atoms with Gasteiger partial charge in [0.15, 0.2) is 0 Å². The molecule has 0 saturated carbocycles. The number of hydrogen-bond donors (Lipinski definition) is 1. The molecule has 0 bridgehead atoms. The largest absolute Gasteiger partial charge is 0.468 e. The van der Waals surface area contributed by atoms with Crippen LogP contribution in [-0.4, -0.2) is 46.2 Å². The normalized spacial score (nSPS) is 17.7. The summed E-state index contributed by atoms with van der Waals surface area (Å²) in [5.41, 5.74) is 0. The van der Waals surface area contributed by atoms with Crippen LogP contribution in [0.2, 0.25) is 0 Å². The molecule has 1 saturated heterocycles. The van der Waals surface area contributed by atoms with E-state index in [-0.39, 0.29) is 17.5 Å². The summed E-state index contributed by atoms with van der Waals surface area (Å²) in [6.07, 6.45) is 1.57. The number of rotatable bonds is 6. The molecule has 0 spiro atoms. The number of hydrogen-bond acceptors (Lipinski definition) is 5. The number of nitrogens with zero attached hydrogens (tertiary/aromatic N) is 1. The first-order valence-corrected chi connectivity index (χ1v) is 9.15. The average Bonchev–Trinajstić information content (AvgIpc) is 3.11. The fourth-order valence-electron chi connectivity index (χ4n) is 2.67. The number of morpholine rings is 1. The maximum absolute atomic E-state index is 13.0. The highest BCUT2D eigenvalue weighted by Crippen LogP contribution is 2.22. The van der Waals surface area contributed by atoms with Gasteiger partial charge in [0.25, 0.3) is 0 Å². The SMILES string of the molecule is O=S(=O)(NCC(c1ccco1)N1CCOCC1)c1ccc(F)cc1. The second-order valence-electron chi connectivity index (χ2n) is 5.49. The lowest BCUT2D eigenvalue weighted by Crippen LogP contribution is -2.43. The van der Waals surface area contributed by atoms with Crippen LogP contribution in [-0.2, 0) is 14.8 Å². The van der Waals surface area contributed by atoms with Crippen LogP contribution in [0, 0.1) is 5.82 Å². The van der Waals surface area contributed by atoms with E-state index in [9.17, 15) is 12.8 Å². The van der Waals surface area contributed by atoms with E-state index in [1.165, 1.54) is 12.1 Å². The zero-order valence-corrected chi connectivity index (χ0v) is 13.8. The van der Waals surface area contributed by atoms with E-state index in [4.69, 9.17) is 9.15 Å². The van der Waals surface area contributed by atoms with Crippen LogP contribution >= 0.6 is 0 Å². The fraction of sp³-hybridized carbons (Fsp3) is 0.375. The number of halogens is 1. The fourth-order valence-corrected chi connectivity index (χ4v) is 3.70. The lowest BCUT2D eigenvalue weighted by atomic mass is 10.2. The Balaban J connectivity index is 1.74. The van der Waals surface area contributed by atoms with Gasteiger partial charge in [-0.3, -0.25) is 4.90 Å². The summed E-state index contributed by atoms with van der Waals surface area (Å²) in [6.45, 7) is 2.75. The van der Waals surface area contributed by atoms with Crippen molar-refractivity contribution in [3.8, 4) is 0 Å². The Hall–Kier alpha value is -1.74. The first-order valence-electron chi connectivity index (χ1n) is 7.67. The molecule has 6 nitrogen and oxygen atoms in total. The van der Waals surface area contributed by atoms with Crippen molar-refractivity contribution in [3.05, 3.63) is 54.2 Å². The summed E-state index contributed by atoms with van der Waals surface area (Å²) in [4.78, 5) is 2.15. The van der Waals surface area contributed by atoms with Crippen LogP contribution in [0.5, 0.6) is 0 Å². The molecule has 1 atom stereocenters. The average molecular weight is 354 g/mol. The van der Waals surface area contributed by atoms with Gasteiger partial charge >= 0.3 is 0 Å². The molecule has 1 aliphatic heterocycles. The molecule has 0 amide bonds. The first-order chi connectivity index (χ1) is 11.6. The molecule has 8 heteroatoms. The third-order valence-corrected chi connectivity index (χ3v) is 5.39. The van der Waals surface area contributed by atoms with Gasteiger partial charge in [-0.15, -0.1) is 0 Å². The Bertz CT molecular complexity index is 741. The summed E-state index contributed by atoms with van der Waals surface area (Å²) >= 11 is 0. The third-order valence-electron chi connectivity index (χ3n) is 3.95. The van der Waals surface area contributed by atoms with Crippen molar-refractivity contribution in [2.45, 2.75) is 10.9 Å². The predicted molar refractivity (Wildman–Crippen MR) is 85.4 cm³/mol. The van der Waals surface area contributed by atoms with Crippen molar-refractivity contribution in [1.29, 1.82) is 0 Å². The van der Waals surface area contributed by atoms with Gasteiger partial charge in [0.05, 0.1) is 30.4 Å². The molecule has 1 aromatic carbocycles. The summed E-state index contributed by atoms with van der Waals surface area (Å²) < 4.78 is 51.2. The highest BCUT2D eigenvalue weighted by Gasteiger charge is 2.26. The molecule has 1 aromatic heterocycles. The topological polar surface area (TPSA) is 71.8 Å². The molecule has 0 aliphatic carbocycles. The zero-order valence-electron chi connectivity index (χ0n) is 13.0. The Morgan fingerprint density at radius 1 is 1.17 bits per heavy atom. The van der Waals surface area contributed by atoms with Gasteiger partial charge in [-0.05, 0) is 36.4 Å². The van der Waals surface area contributed by atoms with Crippen LogP contribution in [0.3, 0.4) is 0 Å². The van der Waals surface area contributed by atoms with Gasteiger partial charge < -0.3 is 9.15 Å². The molecule has 1 unspecified atom stereocenters. The van der Waals surface area contributed by atoms with Crippen molar-refractivity contribution in [3.63, 3.8) is 0 Å². The molecule has 3 rings (SSSR count). The van der Waals surface area contributed by atoms with Crippen molar-refractivity contribution in [1.82, 2.24) is 9.62 Å². The minimum atomic E-state index is -3.72. The Labute approximate surface area is 140 Å². The number of ether oxygens (including phenoxy) is 1.